The largest absolute Gasteiger partial charge is 0.483 e. The minimum absolute atomic E-state index is 0.0821. The first-order valence-corrected chi connectivity index (χ1v) is 21.4. The number of allylic oxidation sites excluding steroid dienone is 4. The number of aliphatic imine (C=N–C) groups is 1. The zero-order chi connectivity index (χ0) is 40.4. The Morgan fingerprint density at radius 1 is 1.12 bits per heavy atom. The second-order valence-corrected chi connectivity index (χ2v) is 17.3. The van der Waals surface area contributed by atoms with E-state index in [-0.39, 0.29) is 35.4 Å². The molecule has 0 bridgehead atoms. The molecule has 1 saturated heterocycles. The monoisotopic (exact) mass is 780 g/mol. The number of hydrogen-bond donors (Lipinski definition) is 5. The highest BCUT2D eigenvalue weighted by molar-refractivity contribution is 6.05. The predicted molar refractivity (Wildman–Crippen MR) is 230 cm³/mol. The zero-order valence-corrected chi connectivity index (χ0v) is 34.8. The maximum Gasteiger partial charge on any atom is 0.320 e. The van der Waals surface area contributed by atoms with Crippen LogP contribution in [-0.4, -0.2) is 67.6 Å². The molecule has 2 saturated carbocycles. The van der Waals surface area contributed by atoms with E-state index in [0.29, 0.717) is 34.9 Å². The Morgan fingerprint density at radius 2 is 1.96 bits per heavy atom. The number of ether oxygens (including phenoxy) is 2. The van der Waals surface area contributed by atoms with Crippen LogP contribution in [0.5, 0.6) is 5.75 Å². The van der Waals surface area contributed by atoms with Crippen molar-refractivity contribution in [3.8, 4) is 5.75 Å². The zero-order valence-electron chi connectivity index (χ0n) is 34.8. The maximum absolute atomic E-state index is 13.8. The second kappa shape index (κ2) is 19.8. The average molecular weight is 780 g/mol. The number of amides is 2. The molecule has 308 valence electrons. The van der Waals surface area contributed by atoms with Gasteiger partial charge < -0.3 is 31.2 Å². The lowest BCUT2D eigenvalue weighted by Crippen LogP contribution is -2.51. The average Bonchev–Trinajstić information content (AvgIpc) is 3.61. The topological polar surface area (TPSA) is 155 Å². The summed E-state index contributed by atoms with van der Waals surface area (Å²) in [6, 6.07) is 11.6. The summed E-state index contributed by atoms with van der Waals surface area (Å²) in [4.78, 5) is 21.2. The van der Waals surface area contributed by atoms with Crippen molar-refractivity contribution in [2.75, 3.05) is 38.6 Å². The van der Waals surface area contributed by atoms with E-state index in [0.717, 1.165) is 102 Å². The van der Waals surface area contributed by atoms with Gasteiger partial charge in [0, 0.05) is 67.4 Å². The highest BCUT2D eigenvalue weighted by atomic mass is 16.5. The number of carbonyl (C=O) groups is 1. The van der Waals surface area contributed by atoms with E-state index in [9.17, 15) is 4.79 Å². The van der Waals surface area contributed by atoms with Crippen LogP contribution in [0.2, 0.25) is 0 Å². The molecule has 3 unspecified atom stereocenters. The summed E-state index contributed by atoms with van der Waals surface area (Å²) in [5.41, 5.74) is 16.6. The van der Waals surface area contributed by atoms with Crippen LogP contribution in [0.15, 0.2) is 83.2 Å². The number of carbonyl (C=O) groups excluding carboxylic acids is 1. The third-order valence-electron chi connectivity index (χ3n) is 12.6. The van der Waals surface area contributed by atoms with Gasteiger partial charge in [-0.15, -0.1) is 0 Å². The Bertz CT molecular complexity index is 1820. The number of rotatable bonds is 11. The van der Waals surface area contributed by atoms with Gasteiger partial charge in [-0.3, -0.25) is 5.32 Å². The molecule has 2 amide bonds. The van der Waals surface area contributed by atoms with Gasteiger partial charge >= 0.3 is 6.03 Å². The number of nitrogens with one attached hydrogen (secondary N) is 3. The molecule has 1 aliphatic heterocycles. The lowest BCUT2D eigenvalue weighted by Gasteiger charge is -2.39. The smallest absolute Gasteiger partial charge is 0.320 e. The minimum atomic E-state index is -0.309. The van der Waals surface area contributed by atoms with Crippen molar-refractivity contribution in [1.29, 1.82) is 5.41 Å². The van der Waals surface area contributed by atoms with Gasteiger partial charge in [-0.05, 0) is 86.6 Å². The molecule has 0 radical (unpaired) electrons. The van der Waals surface area contributed by atoms with Crippen LogP contribution in [0.3, 0.4) is 0 Å². The van der Waals surface area contributed by atoms with Crippen LogP contribution in [0.25, 0.3) is 0 Å². The van der Waals surface area contributed by atoms with E-state index >= 15 is 0 Å². The number of anilines is 1. The van der Waals surface area contributed by atoms with Gasteiger partial charge in [-0.2, -0.15) is 5.41 Å². The summed E-state index contributed by atoms with van der Waals surface area (Å²) in [7, 11) is 0. The van der Waals surface area contributed by atoms with Crippen molar-refractivity contribution >= 4 is 29.2 Å². The summed E-state index contributed by atoms with van der Waals surface area (Å²) in [5.74, 6) is 3.07. The molecule has 6 rings (SSSR count). The van der Waals surface area contributed by atoms with Crippen molar-refractivity contribution in [2.45, 2.75) is 110 Å². The van der Waals surface area contributed by atoms with Crippen molar-refractivity contribution in [3.05, 3.63) is 83.7 Å². The number of benzene rings is 1. The standard InChI is InChI=1S/C46H66N8O3/c1-5-46(3,4)41(47)30-43(50-35-15-10-13-33(29-35)22-24-53-23-11-26-56-27-25-53)52-45(55)51-39-19-20-40(38-17-9-8-16-37(38)39)57-36-18-21-42(48)54(31-36)44(49)34-14-7-6-12-32(2)28-34/h8-10,13,15,17-18,21,29-32,34,37,39-40,48-49H,5-7,11-12,14,16,19-20,22-28H2,1-4H3,(H4,47,50,51,52,55)/p+1/t32-,34?,37?,39-,40?/m0/s1. The minimum Gasteiger partial charge on any atom is -0.483 e. The number of pyridine rings is 1. The third-order valence-corrected chi connectivity index (χ3v) is 12.6. The van der Waals surface area contributed by atoms with Crippen molar-refractivity contribution in [2.24, 2.45) is 33.9 Å². The molecule has 3 aliphatic carbocycles. The fourth-order valence-electron chi connectivity index (χ4n) is 8.58. The summed E-state index contributed by atoms with van der Waals surface area (Å²) in [5, 5.41) is 15.5. The van der Waals surface area contributed by atoms with Crippen molar-refractivity contribution in [3.63, 3.8) is 0 Å². The second-order valence-electron chi connectivity index (χ2n) is 17.3. The molecule has 0 spiro atoms. The summed E-state index contributed by atoms with van der Waals surface area (Å²) in [6.45, 7) is 13.2. The van der Waals surface area contributed by atoms with Crippen LogP contribution < -0.4 is 31.4 Å². The quantitative estimate of drug-likeness (QED) is 0.0686. The Labute approximate surface area is 340 Å². The molecule has 57 heavy (non-hydrogen) atoms. The fourth-order valence-corrected chi connectivity index (χ4v) is 8.58. The maximum atomic E-state index is 13.8. The van der Waals surface area contributed by atoms with Gasteiger partial charge in [0.2, 0.25) is 11.7 Å². The Balaban J connectivity index is 1.13. The Kier molecular flexibility index (Phi) is 14.6. The first-order chi connectivity index (χ1) is 27.5. The molecule has 11 nitrogen and oxygen atoms in total. The van der Waals surface area contributed by atoms with E-state index in [1.807, 2.05) is 35.0 Å². The van der Waals surface area contributed by atoms with Gasteiger partial charge in [0.05, 0.1) is 12.3 Å². The SMILES string of the molecule is CCC(C)(C)C(N)=CC(=Nc1cccc(CCN2CCCOCC2)c1)NC(=O)N[C@H]1CCC(Oc2ccc(N)[n+](C(=N)C3CCCC[C@H](C)C3)c2)C2=CC=CCC21. The van der Waals surface area contributed by atoms with Gasteiger partial charge in [0.1, 0.15) is 18.1 Å². The number of fused-ring (bicyclic) bond motifs is 1. The molecular weight excluding hydrogens is 713 g/mol. The van der Waals surface area contributed by atoms with E-state index in [4.69, 9.17) is 31.3 Å². The molecule has 7 N–H and O–H groups in total. The Morgan fingerprint density at radius 3 is 2.81 bits per heavy atom. The molecule has 11 heteroatoms. The lowest BCUT2D eigenvalue weighted by atomic mass is 9.74. The number of urea groups is 1. The van der Waals surface area contributed by atoms with E-state index in [1.165, 1.54) is 18.4 Å². The van der Waals surface area contributed by atoms with E-state index in [2.05, 4.69) is 73.6 Å². The molecule has 5 atom stereocenters. The molecule has 1 aromatic heterocycles. The lowest BCUT2D eigenvalue weighted by molar-refractivity contribution is -0.546. The van der Waals surface area contributed by atoms with Crippen LogP contribution in [-0.2, 0) is 11.2 Å². The number of nitrogens with zero attached hydrogens (tertiary/aromatic N) is 3. The third kappa shape index (κ3) is 11.6. The van der Waals surface area contributed by atoms with Crippen molar-refractivity contribution < 1.29 is 18.8 Å². The number of aromatic nitrogens is 1. The van der Waals surface area contributed by atoms with Crippen LogP contribution in [0, 0.1) is 28.6 Å². The van der Waals surface area contributed by atoms with Crippen LogP contribution in [0.1, 0.15) is 97.5 Å². The van der Waals surface area contributed by atoms with E-state index in [1.54, 1.807) is 6.08 Å². The molecular formula is C46H67N8O3+. The summed E-state index contributed by atoms with van der Waals surface area (Å²) < 4.78 is 14.1. The van der Waals surface area contributed by atoms with Crippen LogP contribution in [0.4, 0.5) is 16.3 Å². The Hall–Kier alpha value is -4.48. The highest BCUT2D eigenvalue weighted by Gasteiger charge is 2.37. The van der Waals surface area contributed by atoms with Crippen LogP contribution >= 0.6 is 0 Å². The highest BCUT2D eigenvalue weighted by Crippen LogP contribution is 2.37. The van der Waals surface area contributed by atoms with Gasteiger partial charge in [-0.1, -0.05) is 77.3 Å². The summed E-state index contributed by atoms with van der Waals surface area (Å²) >= 11 is 0. The van der Waals surface area contributed by atoms with Gasteiger partial charge in [0.15, 0.2) is 5.75 Å². The first-order valence-electron chi connectivity index (χ1n) is 21.4. The van der Waals surface area contributed by atoms with E-state index < -0.39 is 0 Å². The van der Waals surface area contributed by atoms with Gasteiger partial charge in [-0.25, -0.2) is 14.4 Å². The number of amidine groups is 1. The van der Waals surface area contributed by atoms with Crippen molar-refractivity contribution in [1.82, 2.24) is 15.5 Å². The normalized spacial score (nSPS) is 25.1. The fraction of sp³-hybridized carbons (Fsp3) is 0.565. The predicted octanol–water partition coefficient (Wildman–Crippen LogP) is 7.58. The first kappa shape index (κ1) is 42.1. The van der Waals surface area contributed by atoms with Gasteiger partial charge in [0.25, 0.3) is 0 Å². The molecule has 3 fully saturated rings. The number of nitrogens with two attached hydrogens (primary N) is 2. The molecule has 1 aromatic carbocycles. The molecule has 4 aliphatic rings. The summed E-state index contributed by atoms with van der Waals surface area (Å²) in [6.07, 6.45) is 20.7. The molecule has 2 aromatic rings. The number of nitrogen functional groups attached to an aromatic ring is 1. The molecule has 2 heterocycles. The number of hydrogen-bond acceptors (Lipinski definition) is 8.